The van der Waals surface area contributed by atoms with Gasteiger partial charge in [0, 0.05) is 30.4 Å². The number of benzene rings is 2. The van der Waals surface area contributed by atoms with E-state index in [0.29, 0.717) is 19.7 Å². The van der Waals surface area contributed by atoms with E-state index in [9.17, 15) is 0 Å². The Morgan fingerprint density at radius 3 is 2.53 bits per heavy atom. The summed E-state index contributed by atoms with van der Waals surface area (Å²) in [6, 6.07) is 21.8. The van der Waals surface area contributed by atoms with Crippen LogP contribution in [0.15, 0.2) is 89.7 Å². The summed E-state index contributed by atoms with van der Waals surface area (Å²) in [6.45, 7) is 5.84. The Labute approximate surface area is 183 Å². The number of hydrogen-bond acceptors (Lipinski definition) is 5. The first-order valence-electron chi connectivity index (χ1n) is 9.64. The molecule has 0 radical (unpaired) electrons. The molecule has 0 saturated carbocycles. The minimum Gasteiger partial charge on any atom is -0.487 e. The molecule has 0 bridgehead atoms. The molecule has 2 N–H and O–H groups in total. The van der Waals surface area contributed by atoms with Crippen LogP contribution in [0.2, 0.25) is 0 Å². The number of hydrogen-bond donors (Lipinski definition) is 2. The van der Waals surface area contributed by atoms with E-state index >= 15 is 0 Å². The molecule has 6 nitrogen and oxygen atoms in total. The number of fused-ring (bicyclic) bond motifs is 1. The van der Waals surface area contributed by atoms with Crippen molar-refractivity contribution >= 4 is 27.4 Å². The minimum atomic E-state index is 0.424. The monoisotopic (exact) mass is 463 g/mol. The van der Waals surface area contributed by atoms with Gasteiger partial charge in [-0.3, -0.25) is 0 Å². The van der Waals surface area contributed by atoms with Crippen molar-refractivity contribution in [1.29, 1.82) is 0 Å². The maximum atomic E-state index is 5.70. The van der Waals surface area contributed by atoms with Gasteiger partial charge in [0.25, 0.3) is 0 Å². The molecule has 152 valence electrons. The normalized spacial score (nSPS) is 10.7. The predicted molar refractivity (Wildman–Crippen MR) is 124 cm³/mol. The maximum absolute atomic E-state index is 5.70. The summed E-state index contributed by atoms with van der Waals surface area (Å²) in [5, 5.41) is 11.1. The predicted octanol–water partition coefficient (Wildman–Crippen LogP) is 4.75. The first-order chi connectivity index (χ1) is 14.7. The third-order valence-electron chi connectivity index (χ3n) is 4.46. The van der Waals surface area contributed by atoms with Crippen LogP contribution in [0.3, 0.4) is 0 Å². The zero-order valence-electron chi connectivity index (χ0n) is 16.4. The van der Waals surface area contributed by atoms with Crippen molar-refractivity contribution in [1.82, 2.24) is 19.9 Å². The highest BCUT2D eigenvalue weighted by Crippen LogP contribution is 2.25. The van der Waals surface area contributed by atoms with Crippen LogP contribution in [0.4, 0.5) is 5.82 Å². The molecular formula is C23H22BrN5O. The molecular weight excluding hydrogens is 442 g/mol. The lowest BCUT2D eigenvalue weighted by Gasteiger charge is -2.13. The highest BCUT2D eigenvalue weighted by Gasteiger charge is 2.11. The van der Waals surface area contributed by atoms with Gasteiger partial charge in [-0.05, 0) is 28.1 Å². The molecule has 4 rings (SSSR count). The van der Waals surface area contributed by atoms with E-state index < -0.39 is 0 Å². The van der Waals surface area contributed by atoms with E-state index in [1.165, 1.54) is 0 Å². The lowest BCUT2D eigenvalue weighted by atomic mass is 10.1. The highest BCUT2D eigenvalue weighted by atomic mass is 79.9. The molecule has 30 heavy (non-hydrogen) atoms. The molecule has 0 aliphatic carbocycles. The van der Waals surface area contributed by atoms with Gasteiger partial charge in [-0.1, -0.05) is 55.1 Å². The zero-order valence-corrected chi connectivity index (χ0v) is 18.0. The molecule has 0 amide bonds. The van der Waals surface area contributed by atoms with Crippen LogP contribution in [0, 0.1) is 0 Å². The van der Waals surface area contributed by atoms with Crippen LogP contribution in [-0.2, 0) is 0 Å². The standard InChI is InChI=1S/C23H22BrN5O/c1-17(16-30-19-10-6-3-7-11-19)25-12-13-26-22-14-21(18-8-4-2-5-9-18)28-23-20(24)15-27-29(22)23/h2-11,14-15,25-26H,1,12-13,16H2. The smallest absolute Gasteiger partial charge is 0.172 e. The lowest BCUT2D eigenvalue weighted by Crippen LogP contribution is -2.25. The van der Waals surface area contributed by atoms with E-state index in [1.54, 1.807) is 10.7 Å². The van der Waals surface area contributed by atoms with Crippen LogP contribution in [0.1, 0.15) is 0 Å². The fourth-order valence-electron chi connectivity index (χ4n) is 2.99. The first kappa shape index (κ1) is 20.0. The highest BCUT2D eigenvalue weighted by molar-refractivity contribution is 9.10. The number of anilines is 1. The Hall–Kier alpha value is -3.32. The van der Waals surface area contributed by atoms with Gasteiger partial charge in [-0.2, -0.15) is 9.61 Å². The van der Waals surface area contributed by atoms with Gasteiger partial charge < -0.3 is 15.4 Å². The van der Waals surface area contributed by atoms with E-state index in [0.717, 1.165) is 38.6 Å². The summed E-state index contributed by atoms with van der Waals surface area (Å²) in [4.78, 5) is 4.74. The summed E-state index contributed by atoms with van der Waals surface area (Å²) in [7, 11) is 0. The maximum Gasteiger partial charge on any atom is 0.172 e. The van der Waals surface area contributed by atoms with Crippen molar-refractivity contribution in [2.75, 3.05) is 25.0 Å². The van der Waals surface area contributed by atoms with Crippen molar-refractivity contribution in [3.63, 3.8) is 0 Å². The summed E-state index contributed by atoms with van der Waals surface area (Å²) < 4.78 is 8.35. The average molecular weight is 464 g/mol. The fraction of sp³-hybridized carbons (Fsp3) is 0.130. The lowest BCUT2D eigenvalue weighted by molar-refractivity contribution is 0.343. The van der Waals surface area contributed by atoms with Crippen LogP contribution in [0.25, 0.3) is 16.9 Å². The summed E-state index contributed by atoms with van der Waals surface area (Å²) in [6.07, 6.45) is 1.75. The quantitative estimate of drug-likeness (QED) is 0.350. The summed E-state index contributed by atoms with van der Waals surface area (Å²) in [5.41, 5.74) is 3.54. The number of para-hydroxylation sites is 1. The van der Waals surface area contributed by atoms with E-state index in [1.807, 2.05) is 66.7 Å². The molecule has 0 spiro atoms. The molecule has 2 aromatic heterocycles. The topological polar surface area (TPSA) is 63.5 Å². The van der Waals surface area contributed by atoms with Crippen molar-refractivity contribution in [3.8, 4) is 17.0 Å². The average Bonchev–Trinajstić information content (AvgIpc) is 3.17. The second-order valence-corrected chi connectivity index (χ2v) is 7.53. The van der Waals surface area contributed by atoms with Gasteiger partial charge in [0.2, 0.25) is 0 Å². The molecule has 0 fully saturated rings. The van der Waals surface area contributed by atoms with Gasteiger partial charge in [0.05, 0.1) is 16.4 Å². The molecule has 0 saturated heterocycles. The van der Waals surface area contributed by atoms with Crippen molar-refractivity contribution < 1.29 is 4.74 Å². The van der Waals surface area contributed by atoms with Gasteiger partial charge in [0.1, 0.15) is 18.2 Å². The summed E-state index contributed by atoms with van der Waals surface area (Å²) >= 11 is 3.53. The first-order valence-corrected chi connectivity index (χ1v) is 10.4. The third-order valence-corrected chi connectivity index (χ3v) is 5.02. The summed E-state index contributed by atoms with van der Waals surface area (Å²) in [5.74, 6) is 1.70. The van der Waals surface area contributed by atoms with Crippen LogP contribution in [-0.4, -0.2) is 34.3 Å². The molecule has 0 atom stereocenters. The Balaban J connectivity index is 1.37. The number of aromatic nitrogens is 3. The Kier molecular flexibility index (Phi) is 6.29. The number of rotatable bonds is 9. The number of nitrogens with zero attached hydrogens (tertiary/aromatic N) is 3. The molecule has 0 aliphatic heterocycles. The van der Waals surface area contributed by atoms with Gasteiger partial charge in [0.15, 0.2) is 5.65 Å². The van der Waals surface area contributed by atoms with Crippen LogP contribution < -0.4 is 15.4 Å². The molecule has 7 heteroatoms. The molecule has 4 aromatic rings. The third kappa shape index (κ3) is 4.80. The number of halogens is 1. The number of ether oxygens (including phenoxy) is 1. The van der Waals surface area contributed by atoms with Crippen molar-refractivity contribution in [2.45, 2.75) is 0 Å². The second kappa shape index (κ2) is 9.45. The number of nitrogens with one attached hydrogen (secondary N) is 2. The SMILES string of the molecule is C=C(COc1ccccc1)NCCNc1cc(-c2ccccc2)nc2c(Br)cnn12. The fourth-order valence-corrected chi connectivity index (χ4v) is 3.34. The zero-order chi connectivity index (χ0) is 20.8. The van der Waals surface area contributed by atoms with E-state index in [2.05, 4.69) is 38.2 Å². The Morgan fingerprint density at radius 2 is 1.77 bits per heavy atom. The largest absolute Gasteiger partial charge is 0.487 e. The van der Waals surface area contributed by atoms with Gasteiger partial charge in [-0.25, -0.2) is 4.98 Å². The van der Waals surface area contributed by atoms with E-state index in [-0.39, 0.29) is 0 Å². The second-order valence-electron chi connectivity index (χ2n) is 6.68. The molecule has 2 aromatic carbocycles. The van der Waals surface area contributed by atoms with Gasteiger partial charge >= 0.3 is 0 Å². The van der Waals surface area contributed by atoms with Gasteiger partial charge in [-0.15, -0.1) is 0 Å². The Bertz CT molecular complexity index is 1130. The van der Waals surface area contributed by atoms with Crippen LogP contribution in [0.5, 0.6) is 5.75 Å². The van der Waals surface area contributed by atoms with E-state index in [4.69, 9.17) is 9.72 Å². The Morgan fingerprint density at radius 1 is 1.03 bits per heavy atom. The molecule has 0 unspecified atom stereocenters. The van der Waals surface area contributed by atoms with Crippen molar-refractivity contribution in [2.24, 2.45) is 0 Å². The minimum absolute atomic E-state index is 0.424. The molecule has 2 heterocycles. The van der Waals surface area contributed by atoms with Crippen LogP contribution >= 0.6 is 15.9 Å². The molecule has 0 aliphatic rings. The van der Waals surface area contributed by atoms with Crippen molar-refractivity contribution in [3.05, 3.63) is 89.7 Å².